The Balaban J connectivity index is 0.000000423. The van der Waals surface area contributed by atoms with Crippen molar-refractivity contribution in [3.63, 3.8) is 0 Å². The molecule has 2 N–H and O–H groups in total. The Morgan fingerprint density at radius 2 is 2.06 bits per heavy atom. The number of nitrogens with zero attached hydrogens (tertiary/aromatic N) is 3. The maximum absolute atomic E-state index is 11.3. The van der Waals surface area contributed by atoms with Crippen molar-refractivity contribution in [3.8, 4) is 0 Å². The van der Waals surface area contributed by atoms with Crippen molar-refractivity contribution in [2.45, 2.75) is 39.2 Å². The molecule has 0 radical (unpaired) electrons. The van der Waals surface area contributed by atoms with E-state index in [1.54, 1.807) is 0 Å². The van der Waals surface area contributed by atoms with Crippen molar-refractivity contribution in [1.82, 2.24) is 19.3 Å². The summed E-state index contributed by atoms with van der Waals surface area (Å²) < 4.78 is 64.3. The maximum Gasteiger partial charge on any atom is 0.490 e. The quantitative estimate of drug-likeness (QED) is 0.669. The van der Waals surface area contributed by atoms with Crippen LogP contribution in [-0.4, -0.2) is 59.6 Å². The molecule has 0 spiro atoms. The minimum Gasteiger partial charge on any atom is -0.475 e. The summed E-state index contributed by atoms with van der Waals surface area (Å²) in [6, 6.07) is 6.16. The molecule has 0 amide bonds. The van der Waals surface area contributed by atoms with Gasteiger partial charge in [-0.3, -0.25) is 4.90 Å². The van der Waals surface area contributed by atoms with Crippen LogP contribution in [0.1, 0.15) is 23.6 Å². The number of sulfonamides is 1. The Morgan fingerprint density at radius 3 is 2.61 bits per heavy atom. The van der Waals surface area contributed by atoms with Crippen LogP contribution in [0.2, 0.25) is 0 Å². The number of hydrogen-bond donors (Lipinski definition) is 2. The summed E-state index contributed by atoms with van der Waals surface area (Å²) in [4.78, 5) is 11.2. The first-order chi connectivity index (χ1) is 14.3. The third-order valence-electron chi connectivity index (χ3n) is 4.50. The molecule has 2 aromatic rings. The highest BCUT2D eigenvalue weighted by molar-refractivity contribution is 7.88. The number of halogens is 3. The zero-order chi connectivity index (χ0) is 23.2. The average molecular weight is 466 g/mol. The van der Waals surface area contributed by atoms with Crippen molar-refractivity contribution >= 4 is 16.0 Å². The normalized spacial score (nSPS) is 17.4. The molecule has 0 saturated carbocycles. The first-order valence-electron chi connectivity index (χ1n) is 9.37. The fraction of sp³-hybridized carbons (Fsp3) is 0.556. The predicted molar refractivity (Wildman–Crippen MR) is 104 cm³/mol. The Labute approximate surface area is 177 Å². The van der Waals surface area contributed by atoms with Crippen LogP contribution < -0.4 is 4.72 Å². The van der Waals surface area contributed by atoms with Gasteiger partial charge in [-0.2, -0.15) is 13.2 Å². The smallest absolute Gasteiger partial charge is 0.475 e. The molecule has 0 aromatic carbocycles. The predicted octanol–water partition coefficient (Wildman–Crippen LogP) is 1.99. The van der Waals surface area contributed by atoms with E-state index in [9.17, 15) is 21.6 Å². The third kappa shape index (κ3) is 8.71. The Morgan fingerprint density at radius 1 is 1.39 bits per heavy atom. The van der Waals surface area contributed by atoms with E-state index >= 15 is 0 Å². The number of alkyl halides is 3. The van der Waals surface area contributed by atoms with Gasteiger partial charge >= 0.3 is 12.1 Å². The van der Waals surface area contributed by atoms with Crippen molar-refractivity contribution in [2.75, 3.05) is 19.3 Å². The number of carboxylic acid groups (broad SMARTS) is 1. The van der Waals surface area contributed by atoms with E-state index in [0.717, 1.165) is 44.1 Å². The molecule has 31 heavy (non-hydrogen) atoms. The molecule has 1 atom stereocenters. The van der Waals surface area contributed by atoms with Crippen LogP contribution in [0, 0.1) is 12.8 Å². The average Bonchev–Trinajstić information content (AvgIpc) is 3.18. The van der Waals surface area contributed by atoms with Gasteiger partial charge in [-0.05, 0) is 31.4 Å². The maximum atomic E-state index is 11.3. The number of hydrogen-bond acceptors (Lipinski definition) is 6. The first kappa shape index (κ1) is 24.9. The molecule has 3 heterocycles. The highest BCUT2D eigenvalue weighted by Crippen LogP contribution is 2.21. The summed E-state index contributed by atoms with van der Waals surface area (Å²) in [6.07, 6.45) is -0.988. The molecule has 1 aliphatic heterocycles. The molecule has 3 rings (SSSR count). The number of fused-ring (bicyclic) bond motifs is 1. The van der Waals surface area contributed by atoms with Gasteiger partial charge in [0.25, 0.3) is 0 Å². The van der Waals surface area contributed by atoms with Crippen LogP contribution >= 0.6 is 0 Å². The number of rotatable bonds is 6. The van der Waals surface area contributed by atoms with Gasteiger partial charge in [0, 0.05) is 50.7 Å². The van der Waals surface area contributed by atoms with Crippen LogP contribution in [0.15, 0.2) is 28.9 Å². The molecule has 0 fully saturated rings. The molecule has 13 heteroatoms. The minimum atomic E-state index is -5.08. The van der Waals surface area contributed by atoms with Crippen LogP contribution in [0.5, 0.6) is 0 Å². The van der Waals surface area contributed by atoms with Crippen LogP contribution in [0.25, 0.3) is 0 Å². The largest absolute Gasteiger partial charge is 0.490 e. The lowest BCUT2D eigenvalue weighted by Gasteiger charge is -2.23. The Kier molecular flexibility index (Phi) is 8.26. The van der Waals surface area contributed by atoms with E-state index in [1.165, 1.54) is 11.9 Å². The second-order valence-electron chi connectivity index (χ2n) is 7.37. The summed E-state index contributed by atoms with van der Waals surface area (Å²) in [5.41, 5.74) is 2.20. The molecule has 1 unspecified atom stereocenters. The van der Waals surface area contributed by atoms with E-state index in [0.29, 0.717) is 12.5 Å². The van der Waals surface area contributed by atoms with Gasteiger partial charge in [0.05, 0.1) is 11.9 Å². The zero-order valence-corrected chi connectivity index (χ0v) is 17.9. The topological polar surface area (TPSA) is 118 Å². The summed E-state index contributed by atoms with van der Waals surface area (Å²) >= 11 is 0. The molecular weight excluding hydrogens is 441 g/mol. The van der Waals surface area contributed by atoms with Gasteiger partial charge in [-0.25, -0.2) is 17.9 Å². The number of nitrogens with one attached hydrogen (secondary N) is 1. The summed E-state index contributed by atoms with van der Waals surface area (Å²) in [5, 5.41) is 11.2. The van der Waals surface area contributed by atoms with E-state index in [2.05, 4.69) is 37.7 Å². The SMILES string of the molecule is Cc1cc(CN2Cc3cccn3CC(CCNS(C)(=O)=O)C2)no1.O=C(O)C(F)(F)F. The molecule has 174 valence electrons. The second kappa shape index (κ2) is 10.3. The third-order valence-corrected chi connectivity index (χ3v) is 5.23. The van der Waals surface area contributed by atoms with Crippen molar-refractivity contribution in [3.05, 3.63) is 41.5 Å². The summed E-state index contributed by atoms with van der Waals surface area (Å²) in [7, 11) is -3.14. The standard InChI is InChI=1S/C16H24N4O3S.C2HF3O2/c1-13-8-15(18-23-13)11-19-9-14(5-6-17-24(2,21)22)10-20-7-3-4-16(20)12-19;3-2(4,5)1(6)7/h3-4,7-8,14,17H,5-6,9-12H2,1-2H3;(H,6,7). The van der Waals surface area contributed by atoms with Crippen molar-refractivity contribution < 1.29 is 36.0 Å². The molecule has 9 nitrogen and oxygen atoms in total. The molecule has 1 aliphatic rings. The van der Waals surface area contributed by atoms with E-state index in [1.807, 2.05) is 13.0 Å². The van der Waals surface area contributed by atoms with E-state index < -0.39 is 22.2 Å². The van der Waals surface area contributed by atoms with Crippen LogP contribution in [-0.2, 0) is 34.5 Å². The van der Waals surface area contributed by atoms with Gasteiger partial charge in [0.1, 0.15) is 5.76 Å². The molecule has 0 aliphatic carbocycles. The van der Waals surface area contributed by atoms with Crippen molar-refractivity contribution in [1.29, 1.82) is 0 Å². The Bertz CT molecular complexity index is 971. The second-order valence-corrected chi connectivity index (χ2v) is 9.21. The Hall–Kier alpha value is -2.38. The highest BCUT2D eigenvalue weighted by atomic mass is 32.2. The molecule has 0 saturated heterocycles. The number of aliphatic carboxylic acids is 1. The van der Waals surface area contributed by atoms with E-state index in [-0.39, 0.29) is 0 Å². The monoisotopic (exact) mass is 466 g/mol. The number of aromatic nitrogens is 2. The van der Waals surface area contributed by atoms with Crippen LogP contribution in [0.3, 0.4) is 0 Å². The lowest BCUT2D eigenvalue weighted by molar-refractivity contribution is -0.192. The van der Waals surface area contributed by atoms with Crippen LogP contribution in [0.4, 0.5) is 13.2 Å². The van der Waals surface area contributed by atoms with Gasteiger partial charge < -0.3 is 14.2 Å². The first-order valence-corrected chi connectivity index (χ1v) is 11.3. The minimum absolute atomic E-state index is 0.376. The lowest BCUT2D eigenvalue weighted by atomic mass is 10.1. The van der Waals surface area contributed by atoms with Gasteiger partial charge in [0.15, 0.2) is 0 Å². The van der Waals surface area contributed by atoms with Crippen molar-refractivity contribution in [2.24, 2.45) is 5.92 Å². The van der Waals surface area contributed by atoms with Gasteiger partial charge in [0.2, 0.25) is 10.0 Å². The van der Waals surface area contributed by atoms with Gasteiger partial charge in [-0.15, -0.1) is 0 Å². The molecule has 2 aromatic heterocycles. The fourth-order valence-electron chi connectivity index (χ4n) is 3.24. The summed E-state index contributed by atoms with van der Waals surface area (Å²) in [5.74, 6) is -1.56. The highest BCUT2D eigenvalue weighted by Gasteiger charge is 2.38. The molecule has 0 bridgehead atoms. The van der Waals surface area contributed by atoms with E-state index in [4.69, 9.17) is 14.4 Å². The number of aryl methyl sites for hydroxylation is 1. The number of carboxylic acids is 1. The zero-order valence-electron chi connectivity index (χ0n) is 17.1. The fourth-order valence-corrected chi connectivity index (χ4v) is 3.73. The van der Waals surface area contributed by atoms with Gasteiger partial charge in [-0.1, -0.05) is 5.16 Å². The molecular formula is C18H25F3N4O5S. The lowest BCUT2D eigenvalue weighted by Crippen LogP contribution is -2.31. The summed E-state index contributed by atoms with van der Waals surface area (Å²) in [6.45, 7) is 5.76. The number of carbonyl (C=O) groups is 1.